The maximum Gasteiger partial charge on any atom is 0.146 e. The quantitative estimate of drug-likeness (QED) is 0.873. The summed E-state index contributed by atoms with van der Waals surface area (Å²) < 4.78 is 21.8. The highest BCUT2D eigenvalue weighted by atomic mass is 19.1. The van der Waals surface area contributed by atoms with E-state index in [1.54, 1.807) is 6.07 Å². The molecule has 0 aliphatic carbocycles. The van der Waals surface area contributed by atoms with Crippen LogP contribution in [0, 0.1) is 12.7 Å². The number of rotatable bonds is 6. The van der Waals surface area contributed by atoms with Gasteiger partial charge in [0, 0.05) is 31.9 Å². The summed E-state index contributed by atoms with van der Waals surface area (Å²) in [5, 5.41) is 7.84. The summed E-state index contributed by atoms with van der Waals surface area (Å²) in [6.45, 7) is 9.72. The zero-order valence-corrected chi connectivity index (χ0v) is 15.2. The van der Waals surface area contributed by atoms with Crippen molar-refractivity contribution in [2.75, 3.05) is 31.2 Å². The average molecular weight is 346 g/mol. The van der Waals surface area contributed by atoms with E-state index in [0.717, 1.165) is 24.2 Å². The Morgan fingerprint density at radius 2 is 2.04 bits per heavy atom. The molecule has 136 valence electrons. The van der Waals surface area contributed by atoms with Crippen LogP contribution in [0.15, 0.2) is 30.6 Å². The van der Waals surface area contributed by atoms with Gasteiger partial charge in [0.05, 0.1) is 31.1 Å². The van der Waals surface area contributed by atoms with Crippen LogP contribution in [0.2, 0.25) is 0 Å². The van der Waals surface area contributed by atoms with Gasteiger partial charge in [-0.1, -0.05) is 6.07 Å². The van der Waals surface area contributed by atoms with Gasteiger partial charge in [0.1, 0.15) is 5.82 Å². The monoisotopic (exact) mass is 346 g/mol. The molecular weight excluding hydrogens is 319 g/mol. The Hall–Kier alpha value is -1.92. The van der Waals surface area contributed by atoms with E-state index in [2.05, 4.69) is 24.3 Å². The van der Waals surface area contributed by atoms with Crippen LogP contribution in [0.5, 0.6) is 0 Å². The number of ether oxygens (including phenoxy) is 1. The molecule has 1 saturated heterocycles. The first-order valence-electron chi connectivity index (χ1n) is 8.90. The van der Waals surface area contributed by atoms with Crippen LogP contribution in [0.4, 0.5) is 10.1 Å². The molecule has 1 aliphatic heterocycles. The van der Waals surface area contributed by atoms with Crippen molar-refractivity contribution in [1.82, 2.24) is 15.1 Å². The van der Waals surface area contributed by atoms with Gasteiger partial charge in [0.2, 0.25) is 0 Å². The van der Waals surface area contributed by atoms with Crippen LogP contribution in [-0.2, 0) is 11.3 Å². The predicted molar refractivity (Wildman–Crippen MR) is 97.4 cm³/mol. The topological polar surface area (TPSA) is 42.3 Å². The molecule has 2 heterocycles. The number of nitrogens with zero attached hydrogens (tertiary/aromatic N) is 3. The van der Waals surface area contributed by atoms with E-state index >= 15 is 0 Å². The Labute approximate surface area is 148 Å². The minimum absolute atomic E-state index is 0.162. The number of aromatic nitrogens is 2. The summed E-state index contributed by atoms with van der Waals surface area (Å²) in [5.74, 6) is -0.162. The van der Waals surface area contributed by atoms with E-state index in [1.165, 1.54) is 0 Å². The molecule has 0 saturated carbocycles. The molecule has 3 rings (SSSR count). The van der Waals surface area contributed by atoms with Crippen molar-refractivity contribution in [1.29, 1.82) is 0 Å². The SMILES string of the molecule is Cc1cnn([C@H](C)[C@H](C)NCc2ccc(N3CCOCC3)c(F)c2)c1. The summed E-state index contributed by atoms with van der Waals surface area (Å²) in [6, 6.07) is 5.96. The molecule has 1 N–H and O–H groups in total. The summed E-state index contributed by atoms with van der Waals surface area (Å²) in [5.41, 5.74) is 2.77. The molecular formula is C19H27FN4O. The van der Waals surface area contributed by atoms with E-state index in [4.69, 9.17) is 4.74 Å². The maximum atomic E-state index is 14.5. The van der Waals surface area contributed by atoms with Gasteiger partial charge >= 0.3 is 0 Å². The van der Waals surface area contributed by atoms with E-state index in [-0.39, 0.29) is 17.9 Å². The van der Waals surface area contributed by atoms with Gasteiger partial charge in [0.25, 0.3) is 0 Å². The predicted octanol–water partition coefficient (Wildman–Crippen LogP) is 2.91. The number of hydrogen-bond donors (Lipinski definition) is 1. The van der Waals surface area contributed by atoms with Gasteiger partial charge in [-0.05, 0) is 44.0 Å². The van der Waals surface area contributed by atoms with Crippen LogP contribution in [0.3, 0.4) is 0 Å². The van der Waals surface area contributed by atoms with Gasteiger partial charge in [-0.15, -0.1) is 0 Å². The highest BCUT2D eigenvalue weighted by Gasteiger charge is 2.17. The van der Waals surface area contributed by atoms with Gasteiger partial charge in [-0.3, -0.25) is 4.68 Å². The van der Waals surface area contributed by atoms with Crippen LogP contribution < -0.4 is 10.2 Å². The zero-order valence-electron chi connectivity index (χ0n) is 15.2. The summed E-state index contributed by atoms with van der Waals surface area (Å²) in [6.07, 6.45) is 3.91. The number of anilines is 1. The lowest BCUT2D eigenvalue weighted by atomic mass is 10.1. The van der Waals surface area contributed by atoms with Crippen molar-refractivity contribution in [3.05, 3.63) is 47.5 Å². The molecule has 2 aromatic rings. The highest BCUT2D eigenvalue weighted by Crippen LogP contribution is 2.22. The third kappa shape index (κ3) is 4.38. The van der Waals surface area contributed by atoms with Crippen molar-refractivity contribution < 1.29 is 9.13 Å². The maximum absolute atomic E-state index is 14.5. The Morgan fingerprint density at radius 1 is 1.28 bits per heavy atom. The van der Waals surface area contributed by atoms with Gasteiger partial charge < -0.3 is 15.0 Å². The zero-order chi connectivity index (χ0) is 17.8. The molecule has 0 amide bonds. The smallest absolute Gasteiger partial charge is 0.146 e. The Morgan fingerprint density at radius 3 is 2.68 bits per heavy atom. The summed E-state index contributed by atoms with van der Waals surface area (Å²) >= 11 is 0. The van der Waals surface area contributed by atoms with Gasteiger partial charge in [-0.2, -0.15) is 5.10 Å². The Kier molecular flexibility index (Phi) is 5.71. The first kappa shape index (κ1) is 17.9. The third-order valence-corrected chi connectivity index (χ3v) is 4.86. The second-order valence-corrected chi connectivity index (χ2v) is 6.79. The second kappa shape index (κ2) is 7.97. The minimum Gasteiger partial charge on any atom is -0.378 e. The fraction of sp³-hybridized carbons (Fsp3) is 0.526. The molecule has 0 unspecified atom stereocenters. The number of nitrogens with one attached hydrogen (secondary N) is 1. The number of morpholine rings is 1. The first-order valence-corrected chi connectivity index (χ1v) is 8.90. The minimum atomic E-state index is -0.162. The Bertz CT molecular complexity index is 696. The van der Waals surface area contributed by atoms with Crippen LogP contribution in [-0.4, -0.2) is 42.1 Å². The molecule has 2 atom stereocenters. The second-order valence-electron chi connectivity index (χ2n) is 6.79. The molecule has 5 nitrogen and oxygen atoms in total. The first-order chi connectivity index (χ1) is 12.0. The lowest BCUT2D eigenvalue weighted by Gasteiger charge is -2.29. The molecule has 1 fully saturated rings. The number of benzene rings is 1. The molecule has 25 heavy (non-hydrogen) atoms. The van der Waals surface area contributed by atoms with Crippen molar-refractivity contribution in [3.63, 3.8) is 0 Å². The standard InChI is InChI=1S/C19H27FN4O/c1-14-11-22-24(13-14)16(3)15(2)21-12-17-4-5-19(18(20)10-17)23-6-8-25-9-7-23/h4-5,10-11,13,15-16,21H,6-9,12H2,1-3H3/t15-,16+/m0/s1. The van der Waals surface area contributed by atoms with E-state index in [1.807, 2.05) is 41.0 Å². The number of halogens is 1. The van der Waals surface area contributed by atoms with Crippen molar-refractivity contribution in [2.24, 2.45) is 0 Å². The Balaban J connectivity index is 1.58. The fourth-order valence-corrected chi connectivity index (χ4v) is 3.06. The molecule has 1 aliphatic rings. The number of hydrogen-bond acceptors (Lipinski definition) is 4. The van der Waals surface area contributed by atoms with E-state index < -0.39 is 0 Å². The molecule has 0 bridgehead atoms. The average Bonchev–Trinajstić information content (AvgIpc) is 3.06. The van der Waals surface area contributed by atoms with Crippen molar-refractivity contribution >= 4 is 5.69 Å². The molecule has 1 aromatic carbocycles. The summed E-state index contributed by atoms with van der Waals surface area (Å²) in [4.78, 5) is 2.04. The van der Waals surface area contributed by atoms with Crippen LogP contribution in [0.25, 0.3) is 0 Å². The van der Waals surface area contributed by atoms with Crippen LogP contribution >= 0.6 is 0 Å². The molecule has 0 spiro atoms. The summed E-state index contributed by atoms with van der Waals surface area (Å²) in [7, 11) is 0. The van der Waals surface area contributed by atoms with Crippen LogP contribution in [0.1, 0.15) is 31.0 Å². The molecule has 6 heteroatoms. The number of aryl methyl sites for hydroxylation is 1. The lowest BCUT2D eigenvalue weighted by molar-refractivity contribution is 0.122. The molecule has 1 aromatic heterocycles. The van der Waals surface area contributed by atoms with Gasteiger partial charge in [0.15, 0.2) is 0 Å². The van der Waals surface area contributed by atoms with Crippen molar-refractivity contribution in [3.8, 4) is 0 Å². The lowest BCUT2D eigenvalue weighted by Crippen LogP contribution is -2.36. The normalized spacial score (nSPS) is 17.5. The van der Waals surface area contributed by atoms with E-state index in [0.29, 0.717) is 25.4 Å². The third-order valence-electron chi connectivity index (χ3n) is 4.86. The van der Waals surface area contributed by atoms with Crippen molar-refractivity contribution in [2.45, 2.75) is 39.4 Å². The van der Waals surface area contributed by atoms with Gasteiger partial charge in [-0.25, -0.2) is 4.39 Å². The fourth-order valence-electron chi connectivity index (χ4n) is 3.06. The molecule has 0 radical (unpaired) electrons. The van der Waals surface area contributed by atoms with E-state index in [9.17, 15) is 4.39 Å². The highest BCUT2D eigenvalue weighted by molar-refractivity contribution is 5.49. The largest absolute Gasteiger partial charge is 0.378 e.